The molecule has 1 aromatic rings. The fourth-order valence-electron chi connectivity index (χ4n) is 3.78. The molecule has 3 rings (SSSR count). The topological polar surface area (TPSA) is 29.1 Å². The maximum atomic E-state index is 12.8. The quantitative estimate of drug-likeness (QED) is 0.720. The molecule has 2 nitrogen and oxygen atoms in total. The maximum absolute atomic E-state index is 12.8. The minimum Gasteiger partial charge on any atom is -0.352 e. The number of benzene rings is 1. The van der Waals surface area contributed by atoms with Crippen LogP contribution in [0.4, 0.5) is 19.4 Å². The van der Waals surface area contributed by atoms with E-state index >= 15 is 0 Å². The molecule has 3 atom stereocenters. The molecule has 0 aromatic heterocycles. The van der Waals surface area contributed by atoms with E-state index in [1.165, 1.54) is 6.07 Å². The molecule has 2 saturated carbocycles. The fourth-order valence-corrected chi connectivity index (χ4v) is 4.49. The number of rotatable bonds is 4. The first-order valence-corrected chi connectivity index (χ1v) is 9.48. The van der Waals surface area contributed by atoms with Gasteiger partial charge in [0, 0.05) is 12.5 Å². The predicted molar refractivity (Wildman–Crippen MR) is 78.6 cm³/mol. The first kappa shape index (κ1) is 16.5. The summed E-state index contributed by atoms with van der Waals surface area (Å²) in [6.45, 7) is -0.172. The van der Waals surface area contributed by atoms with E-state index in [9.17, 15) is 24.2 Å². The molecule has 1 unspecified atom stereocenters. The Morgan fingerprint density at radius 3 is 2.43 bits per heavy atom. The van der Waals surface area contributed by atoms with Crippen LogP contribution in [0.25, 0.3) is 0 Å². The zero-order valence-electron chi connectivity index (χ0n) is 12.3. The predicted octanol–water partition coefficient (Wildman–Crippen LogP) is 5.40. The van der Waals surface area contributed by atoms with Crippen molar-refractivity contribution in [2.75, 3.05) is 0 Å². The first-order chi connectivity index (χ1) is 10.4. The van der Waals surface area contributed by atoms with E-state index < -0.39 is 15.1 Å². The van der Waals surface area contributed by atoms with Crippen molar-refractivity contribution in [3.63, 3.8) is 0 Å². The van der Waals surface area contributed by atoms with Gasteiger partial charge in [0.2, 0.25) is 5.91 Å². The molecule has 2 fully saturated rings. The Bertz CT molecular complexity index is 645. The second-order valence-corrected chi connectivity index (χ2v) is 9.02. The van der Waals surface area contributed by atoms with Crippen LogP contribution in [-0.4, -0.2) is 5.91 Å². The number of fused-ring (bicyclic) bond motifs is 2. The van der Waals surface area contributed by atoms with Crippen LogP contribution >= 0.6 is 10.2 Å². The van der Waals surface area contributed by atoms with Crippen LogP contribution in [0.1, 0.15) is 31.2 Å². The molecule has 0 radical (unpaired) electrons. The number of amides is 1. The monoisotopic (exact) mass is 355 g/mol. The zero-order chi connectivity index (χ0) is 16.9. The number of hydrogen-bond donors (Lipinski definition) is 1. The summed E-state index contributed by atoms with van der Waals surface area (Å²) in [5.41, 5.74) is 0.0206. The summed E-state index contributed by atoms with van der Waals surface area (Å²) in [6.07, 6.45) is 4.02. The standard InChI is InChI=1S/C15H18F5NOS/c16-23(17,18,19,20)13-3-1-2-11(7-13)9-21-15(22)14-8-10-4-5-12(14)6-10/h1-3,7,10,12,14H,4-6,8-9H2,(H,21,22)/t10-,12+,14?/m0/s1. The Morgan fingerprint density at radius 2 is 1.87 bits per heavy atom. The summed E-state index contributed by atoms with van der Waals surface area (Å²) in [5, 5.41) is 2.59. The molecule has 1 N–H and O–H groups in total. The minimum atomic E-state index is -9.68. The molecule has 2 bridgehead atoms. The van der Waals surface area contributed by atoms with Gasteiger partial charge in [0.05, 0.1) is 0 Å². The van der Waals surface area contributed by atoms with Crippen LogP contribution in [0.15, 0.2) is 29.2 Å². The Balaban J connectivity index is 1.66. The molecular weight excluding hydrogens is 337 g/mol. The number of carbonyl (C=O) groups excluding carboxylic acids is 1. The zero-order valence-corrected chi connectivity index (χ0v) is 13.1. The normalized spacial score (nSPS) is 29.9. The lowest BCUT2D eigenvalue weighted by Gasteiger charge is -2.40. The molecule has 23 heavy (non-hydrogen) atoms. The van der Waals surface area contributed by atoms with Gasteiger partial charge in [0.15, 0.2) is 0 Å². The summed E-state index contributed by atoms with van der Waals surface area (Å²) in [7, 11) is -9.68. The highest BCUT2D eigenvalue weighted by Crippen LogP contribution is 3.02. The van der Waals surface area contributed by atoms with E-state index in [-0.39, 0.29) is 23.9 Å². The van der Waals surface area contributed by atoms with Crippen molar-refractivity contribution >= 4 is 16.1 Å². The molecule has 1 aromatic carbocycles. The summed E-state index contributed by atoms with van der Waals surface area (Å²) in [6, 6.07) is 3.02. The van der Waals surface area contributed by atoms with Gasteiger partial charge < -0.3 is 5.32 Å². The van der Waals surface area contributed by atoms with E-state index in [0.29, 0.717) is 24.0 Å². The van der Waals surface area contributed by atoms with Crippen molar-refractivity contribution in [2.24, 2.45) is 17.8 Å². The van der Waals surface area contributed by atoms with Gasteiger partial charge in [0.25, 0.3) is 0 Å². The van der Waals surface area contributed by atoms with Crippen LogP contribution in [0.5, 0.6) is 0 Å². The average Bonchev–Trinajstić information content (AvgIpc) is 3.05. The van der Waals surface area contributed by atoms with Crippen molar-refractivity contribution in [2.45, 2.75) is 37.1 Å². The van der Waals surface area contributed by atoms with Crippen molar-refractivity contribution in [1.82, 2.24) is 5.32 Å². The van der Waals surface area contributed by atoms with E-state index in [1.54, 1.807) is 0 Å². The van der Waals surface area contributed by atoms with Gasteiger partial charge in [-0.2, -0.15) is 0 Å². The Kier molecular flexibility index (Phi) is 3.32. The third-order valence-electron chi connectivity index (χ3n) is 4.89. The summed E-state index contributed by atoms with van der Waals surface area (Å²) in [5.74, 6) is 0.658. The summed E-state index contributed by atoms with van der Waals surface area (Å²) < 4.78 is 63.9. The lowest BCUT2D eigenvalue weighted by Crippen LogP contribution is -2.33. The van der Waals surface area contributed by atoms with E-state index in [4.69, 9.17) is 0 Å². The Hall–Kier alpha value is -1.31. The van der Waals surface area contributed by atoms with Gasteiger partial charge in [0.1, 0.15) is 4.90 Å². The molecule has 2 aliphatic rings. The summed E-state index contributed by atoms with van der Waals surface area (Å²) in [4.78, 5) is 10.2. The van der Waals surface area contributed by atoms with E-state index in [1.807, 2.05) is 0 Å². The highest BCUT2D eigenvalue weighted by molar-refractivity contribution is 8.45. The van der Waals surface area contributed by atoms with Crippen molar-refractivity contribution < 1.29 is 24.2 Å². The van der Waals surface area contributed by atoms with Gasteiger partial charge in [-0.05, 0) is 48.8 Å². The molecule has 0 spiro atoms. The van der Waals surface area contributed by atoms with Crippen molar-refractivity contribution in [3.8, 4) is 0 Å². The van der Waals surface area contributed by atoms with Crippen molar-refractivity contribution in [1.29, 1.82) is 0 Å². The molecule has 0 saturated heterocycles. The molecule has 130 valence electrons. The van der Waals surface area contributed by atoms with Crippen LogP contribution < -0.4 is 5.32 Å². The van der Waals surface area contributed by atoms with E-state index in [0.717, 1.165) is 31.7 Å². The second kappa shape index (κ2) is 4.62. The van der Waals surface area contributed by atoms with Gasteiger partial charge in [-0.15, -0.1) is 0 Å². The number of hydrogen-bond acceptors (Lipinski definition) is 1. The third kappa shape index (κ3) is 3.62. The highest BCUT2D eigenvalue weighted by atomic mass is 32.5. The second-order valence-electron chi connectivity index (χ2n) is 6.62. The smallest absolute Gasteiger partial charge is 0.310 e. The maximum Gasteiger partial charge on any atom is 0.310 e. The van der Waals surface area contributed by atoms with Gasteiger partial charge in [-0.3, -0.25) is 4.79 Å². The van der Waals surface area contributed by atoms with Crippen molar-refractivity contribution in [3.05, 3.63) is 29.8 Å². The molecule has 0 heterocycles. The Labute approximate surface area is 131 Å². The van der Waals surface area contributed by atoms with E-state index in [2.05, 4.69) is 5.32 Å². The first-order valence-electron chi connectivity index (χ1n) is 7.53. The third-order valence-corrected chi connectivity index (χ3v) is 6.03. The van der Waals surface area contributed by atoms with Gasteiger partial charge >= 0.3 is 10.2 Å². The van der Waals surface area contributed by atoms with Crippen LogP contribution in [0.2, 0.25) is 0 Å². The van der Waals surface area contributed by atoms with Crippen LogP contribution in [-0.2, 0) is 11.3 Å². The number of halogens is 5. The Morgan fingerprint density at radius 1 is 1.13 bits per heavy atom. The lowest BCUT2D eigenvalue weighted by atomic mass is 9.88. The molecule has 8 heteroatoms. The van der Waals surface area contributed by atoms with Crippen LogP contribution in [0.3, 0.4) is 0 Å². The summed E-state index contributed by atoms with van der Waals surface area (Å²) >= 11 is 0. The number of carbonyl (C=O) groups is 1. The highest BCUT2D eigenvalue weighted by Gasteiger charge is 2.65. The fraction of sp³-hybridized carbons (Fsp3) is 0.533. The number of nitrogens with one attached hydrogen (secondary N) is 1. The lowest BCUT2D eigenvalue weighted by molar-refractivity contribution is -0.126. The van der Waals surface area contributed by atoms with Crippen LogP contribution in [0, 0.1) is 17.8 Å². The van der Waals surface area contributed by atoms with Gasteiger partial charge in [-0.1, -0.05) is 38.0 Å². The molecular formula is C15H18F5NOS. The average molecular weight is 355 g/mol. The molecule has 1 amide bonds. The minimum absolute atomic E-state index is 0.0206. The molecule has 0 aliphatic heterocycles. The largest absolute Gasteiger partial charge is 0.352 e. The SMILES string of the molecule is O=C(NCc1cccc(S(F)(F)(F)(F)F)c1)C1C[C@H]2CC[C@@H]1C2. The van der Waals surface area contributed by atoms with Gasteiger partial charge in [-0.25, -0.2) is 0 Å². The molecule has 2 aliphatic carbocycles.